The Balaban J connectivity index is 2.68. The summed E-state index contributed by atoms with van der Waals surface area (Å²) in [5, 5.41) is 4.24. The van der Waals surface area contributed by atoms with Gasteiger partial charge in [0, 0.05) is 6.26 Å². The number of nitrogens with two attached hydrogens (primary N) is 1. The van der Waals surface area contributed by atoms with E-state index in [9.17, 15) is 8.42 Å². The highest BCUT2D eigenvalue weighted by atomic mass is 35.5. The second kappa shape index (κ2) is 4.05. The van der Waals surface area contributed by atoms with Gasteiger partial charge in [0.25, 0.3) is 0 Å². The first-order valence-electron chi connectivity index (χ1n) is 4.69. The van der Waals surface area contributed by atoms with Crippen molar-refractivity contribution in [2.75, 3.05) is 12.0 Å². The standard InChI is InChI=1S/C10H10ClN3O2S/c1-17(15,16)9-5-3-2-4-8(9)14-6-7(11)10(12)13-14/h2-6H,1H3,(H2,12,13). The molecule has 2 N–H and O–H groups in total. The van der Waals surface area contributed by atoms with Crippen LogP contribution in [0.15, 0.2) is 35.4 Å². The third-order valence-corrected chi connectivity index (χ3v) is 3.64. The van der Waals surface area contributed by atoms with Crippen molar-refractivity contribution in [3.8, 4) is 5.69 Å². The molecule has 0 spiro atoms. The van der Waals surface area contributed by atoms with E-state index in [0.29, 0.717) is 5.69 Å². The van der Waals surface area contributed by atoms with E-state index in [-0.39, 0.29) is 15.7 Å². The highest BCUT2D eigenvalue weighted by Crippen LogP contribution is 2.23. The van der Waals surface area contributed by atoms with Crippen molar-refractivity contribution in [1.82, 2.24) is 9.78 Å². The van der Waals surface area contributed by atoms with Crippen molar-refractivity contribution >= 4 is 27.3 Å². The van der Waals surface area contributed by atoms with Crippen LogP contribution in [-0.2, 0) is 9.84 Å². The fourth-order valence-electron chi connectivity index (χ4n) is 1.45. The molecule has 5 nitrogen and oxygen atoms in total. The van der Waals surface area contributed by atoms with Crippen LogP contribution in [-0.4, -0.2) is 24.5 Å². The number of anilines is 1. The maximum atomic E-state index is 11.6. The summed E-state index contributed by atoms with van der Waals surface area (Å²) in [6.07, 6.45) is 2.61. The SMILES string of the molecule is CS(=O)(=O)c1ccccc1-n1cc(Cl)c(N)n1. The monoisotopic (exact) mass is 271 g/mol. The number of benzene rings is 1. The summed E-state index contributed by atoms with van der Waals surface area (Å²) in [7, 11) is -3.33. The number of rotatable bonds is 2. The van der Waals surface area contributed by atoms with E-state index >= 15 is 0 Å². The molecule has 0 atom stereocenters. The number of halogens is 1. The Hall–Kier alpha value is -1.53. The van der Waals surface area contributed by atoms with E-state index in [2.05, 4.69) is 5.10 Å². The highest BCUT2D eigenvalue weighted by Gasteiger charge is 2.15. The van der Waals surface area contributed by atoms with Gasteiger partial charge in [0.2, 0.25) is 0 Å². The number of nitrogens with zero attached hydrogens (tertiary/aromatic N) is 2. The lowest BCUT2D eigenvalue weighted by Gasteiger charge is -2.06. The van der Waals surface area contributed by atoms with Gasteiger partial charge in [-0.05, 0) is 12.1 Å². The number of nitrogen functional groups attached to an aromatic ring is 1. The van der Waals surface area contributed by atoms with Crippen LogP contribution >= 0.6 is 11.6 Å². The molecule has 0 amide bonds. The largest absolute Gasteiger partial charge is 0.381 e. The molecule has 2 rings (SSSR count). The first-order chi connectivity index (χ1) is 7.89. The second-order valence-corrected chi connectivity index (χ2v) is 5.94. The maximum absolute atomic E-state index is 11.6. The Labute approximate surface area is 104 Å². The second-order valence-electron chi connectivity index (χ2n) is 3.55. The topological polar surface area (TPSA) is 78.0 Å². The molecule has 1 heterocycles. The summed E-state index contributed by atoms with van der Waals surface area (Å²) < 4.78 is 24.6. The smallest absolute Gasteiger partial charge is 0.177 e. The Kier molecular flexibility index (Phi) is 2.84. The summed E-state index contributed by atoms with van der Waals surface area (Å²) in [6.45, 7) is 0. The van der Waals surface area contributed by atoms with Crippen LogP contribution in [0.4, 0.5) is 5.82 Å². The zero-order chi connectivity index (χ0) is 12.6. The first-order valence-corrected chi connectivity index (χ1v) is 6.96. The van der Waals surface area contributed by atoms with Gasteiger partial charge in [-0.25, -0.2) is 13.1 Å². The lowest BCUT2D eigenvalue weighted by atomic mass is 10.3. The molecule has 0 bridgehead atoms. The van der Waals surface area contributed by atoms with Gasteiger partial charge in [-0.15, -0.1) is 5.10 Å². The normalized spacial score (nSPS) is 11.6. The highest BCUT2D eigenvalue weighted by molar-refractivity contribution is 7.90. The van der Waals surface area contributed by atoms with Crippen molar-refractivity contribution in [3.05, 3.63) is 35.5 Å². The molecular weight excluding hydrogens is 262 g/mol. The summed E-state index contributed by atoms with van der Waals surface area (Å²) >= 11 is 5.79. The summed E-state index contributed by atoms with van der Waals surface area (Å²) in [4.78, 5) is 0.180. The van der Waals surface area contributed by atoms with Crippen molar-refractivity contribution in [2.45, 2.75) is 4.90 Å². The molecule has 90 valence electrons. The van der Waals surface area contributed by atoms with Crippen molar-refractivity contribution in [1.29, 1.82) is 0 Å². The summed E-state index contributed by atoms with van der Waals surface area (Å²) in [5.74, 6) is 0.162. The van der Waals surface area contributed by atoms with Crippen LogP contribution in [0.25, 0.3) is 5.69 Å². The Morgan fingerprint density at radius 1 is 1.35 bits per heavy atom. The summed E-state index contributed by atoms with van der Waals surface area (Å²) in [5.41, 5.74) is 5.95. The average molecular weight is 272 g/mol. The molecule has 7 heteroatoms. The van der Waals surface area contributed by atoms with Crippen LogP contribution in [0.2, 0.25) is 5.02 Å². The molecule has 0 aliphatic heterocycles. The molecule has 0 saturated carbocycles. The number of hydrogen-bond acceptors (Lipinski definition) is 4. The predicted octanol–water partition coefficient (Wildman–Crippen LogP) is 1.51. The summed E-state index contributed by atoms with van der Waals surface area (Å²) in [6, 6.07) is 6.51. The van der Waals surface area contributed by atoms with Gasteiger partial charge in [0.1, 0.15) is 5.02 Å². The molecule has 0 aliphatic carbocycles. The van der Waals surface area contributed by atoms with Crippen LogP contribution < -0.4 is 5.73 Å². The molecule has 0 fully saturated rings. The molecule has 17 heavy (non-hydrogen) atoms. The van der Waals surface area contributed by atoms with Crippen molar-refractivity contribution in [3.63, 3.8) is 0 Å². The first kappa shape index (κ1) is 11.9. The van der Waals surface area contributed by atoms with Gasteiger partial charge in [-0.3, -0.25) is 0 Å². The molecular formula is C10H10ClN3O2S. The van der Waals surface area contributed by atoms with E-state index in [1.54, 1.807) is 18.2 Å². The van der Waals surface area contributed by atoms with Gasteiger partial charge < -0.3 is 5.73 Å². The van der Waals surface area contributed by atoms with E-state index < -0.39 is 9.84 Å². The quantitative estimate of drug-likeness (QED) is 0.898. The van der Waals surface area contributed by atoms with Crippen LogP contribution in [0.1, 0.15) is 0 Å². The van der Waals surface area contributed by atoms with E-state index in [1.165, 1.54) is 16.9 Å². The van der Waals surface area contributed by atoms with Gasteiger partial charge in [-0.1, -0.05) is 23.7 Å². The fourth-order valence-corrected chi connectivity index (χ4v) is 2.45. The minimum absolute atomic E-state index is 0.162. The third kappa shape index (κ3) is 2.27. The number of para-hydroxylation sites is 1. The molecule has 0 saturated heterocycles. The van der Waals surface area contributed by atoms with E-state index in [4.69, 9.17) is 17.3 Å². The Morgan fingerprint density at radius 3 is 2.53 bits per heavy atom. The van der Waals surface area contributed by atoms with Gasteiger partial charge in [-0.2, -0.15) is 0 Å². The lowest BCUT2D eigenvalue weighted by Crippen LogP contribution is -2.05. The maximum Gasteiger partial charge on any atom is 0.177 e. The van der Waals surface area contributed by atoms with Crippen molar-refractivity contribution < 1.29 is 8.42 Å². The minimum atomic E-state index is -3.33. The zero-order valence-electron chi connectivity index (χ0n) is 8.96. The zero-order valence-corrected chi connectivity index (χ0v) is 10.5. The molecule has 0 aliphatic rings. The number of aromatic nitrogens is 2. The molecule has 0 radical (unpaired) electrons. The van der Waals surface area contributed by atoms with Crippen molar-refractivity contribution in [2.24, 2.45) is 0 Å². The van der Waals surface area contributed by atoms with E-state index in [0.717, 1.165) is 6.26 Å². The molecule has 1 aromatic heterocycles. The van der Waals surface area contributed by atoms with Gasteiger partial charge in [0.15, 0.2) is 15.7 Å². The van der Waals surface area contributed by atoms with Crippen LogP contribution in [0.5, 0.6) is 0 Å². The minimum Gasteiger partial charge on any atom is -0.381 e. The Bertz CT molecular complexity index is 644. The van der Waals surface area contributed by atoms with Crippen LogP contribution in [0, 0.1) is 0 Å². The average Bonchev–Trinajstić information content (AvgIpc) is 2.58. The van der Waals surface area contributed by atoms with Gasteiger partial charge in [0.05, 0.1) is 16.8 Å². The predicted molar refractivity (Wildman–Crippen MR) is 66.1 cm³/mol. The third-order valence-electron chi connectivity index (χ3n) is 2.21. The molecule has 0 unspecified atom stereocenters. The van der Waals surface area contributed by atoms with Gasteiger partial charge >= 0.3 is 0 Å². The molecule has 1 aromatic carbocycles. The van der Waals surface area contributed by atoms with E-state index in [1.807, 2.05) is 0 Å². The lowest BCUT2D eigenvalue weighted by molar-refractivity contribution is 0.601. The Morgan fingerprint density at radius 2 is 2.00 bits per heavy atom. The fraction of sp³-hybridized carbons (Fsp3) is 0.100. The van der Waals surface area contributed by atoms with Crippen LogP contribution in [0.3, 0.4) is 0 Å². The number of sulfone groups is 1. The molecule has 2 aromatic rings. The number of hydrogen-bond donors (Lipinski definition) is 1.